The summed E-state index contributed by atoms with van der Waals surface area (Å²) in [4.78, 5) is 10.1. The van der Waals surface area contributed by atoms with E-state index in [4.69, 9.17) is 4.42 Å². The largest absolute Gasteiger partial charge is 0.507 e. The van der Waals surface area contributed by atoms with E-state index >= 15 is 0 Å². The Balaban J connectivity index is 2.55. The fraction of sp³-hybridized carbons (Fsp3) is 0.0909. The van der Waals surface area contributed by atoms with Crippen molar-refractivity contribution in [1.29, 1.82) is 0 Å². The minimum absolute atomic E-state index is 0.0417. The van der Waals surface area contributed by atoms with Crippen LogP contribution in [0, 0.1) is 17.0 Å². The second-order valence-corrected chi connectivity index (χ2v) is 3.37. The number of hydrogen-bond donors (Lipinski definition) is 1. The van der Waals surface area contributed by atoms with Gasteiger partial charge in [-0.3, -0.25) is 10.1 Å². The van der Waals surface area contributed by atoms with Crippen LogP contribution in [0.25, 0.3) is 11.3 Å². The smallest absolute Gasteiger partial charge is 0.270 e. The van der Waals surface area contributed by atoms with Crippen LogP contribution in [-0.4, -0.2) is 10.0 Å². The minimum Gasteiger partial charge on any atom is -0.507 e. The molecule has 0 atom stereocenters. The molecule has 0 radical (unpaired) electrons. The van der Waals surface area contributed by atoms with Crippen LogP contribution < -0.4 is 0 Å². The van der Waals surface area contributed by atoms with Crippen molar-refractivity contribution in [3.8, 4) is 17.1 Å². The van der Waals surface area contributed by atoms with Crippen molar-refractivity contribution in [3.63, 3.8) is 0 Å². The van der Waals surface area contributed by atoms with Crippen LogP contribution in [0.2, 0.25) is 0 Å². The third-order valence-electron chi connectivity index (χ3n) is 2.20. The van der Waals surface area contributed by atoms with Gasteiger partial charge in [-0.25, -0.2) is 0 Å². The molecule has 2 rings (SSSR count). The van der Waals surface area contributed by atoms with E-state index in [0.717, 1.165) is 0 Å². The van der Waals surface area contributed by atoms with E-state index in [2.05, 4.69) is 0 Å². The van der Waals surface area contributed by atoms with Crippen LogP contribution in [0.5, 0.6) is 5.75 Å². The highest BCUT2D eigenvalue weighted by molar-refractivity contribution is 5.68. The molecule has 0 aliphatic rings. The van der Waals surface area contributed by atoms with E-state index in [-0.39, 0.29) is 11.4 Å². The monoisotopic (exact) mass is 219 g/mol. The Hall–Kier alpha value is -2.30. The standard InChI is InChI=1S/C11H9NO4/c1-7-2-5-11(16-7)9-6-8(12(14)15)3-4-10(9)13/h2-6,13H,1H3. The summed E-state index contributed by atoms with van der Waals surface area (Å²) in [5.41, 5.74) is 0.240. The average molecular weight is 219 g/mol. The van der Waals surface area contributed by atoms with Crippen LogP contribution in [-0.2, 0) is 0 Å². The first kappa shape index (κ1) is 10.2. The number of aromatic hydroxyl groups is 1. The van der Waals surface area contributed by atoms with Gasteiger partial charge in [0.25, 0.3) is 5.69 Å². The maximum Gasteiger partial charge on any atom is 0.270 e. The van der Waals surface area contributed by atoms with Gasteiger partial charge < -0.3 is 9.52 Å². The summed E-state index contributed by atoms with van der Waals surface area (Å²) >= 11 is 0. The van der Waals surface area contributed by atoms with Crippen LogP contribution in [0.1, 0.15) is 5.76 Å². The Bertz CT molecular complexity index is 545. The lowest BCUT2D eigenvalue weighted by molar-refractivity contribution is -0.384. The number of nitro benzene ring substituents is 1. The quantitative estimate of drug-likeness (QED) is 0.622. The maximum absolute atomic E-state index is 10.6. The van der Waals surface area contributed by atoms with Gasteiger partial charge in [0.1, 0.15) is 17.3 Å². The lowest BCUT2D eigenvalue weighted by Gasteiger charge is -2.00. The van der Waals surface area contributed by atoms with Gasteiger partial charge in [0, 0.05) is 12.1 Å². The maximum atomic E-state index is 10.6. The molecule has 0 aliphatic carbocycles. The summed E-state index contributed by atoms with van der Waals surface area (Å²) in [6, 6.07) is 7.20. The fourth-order valence-corrected chi connectivity index (χ4v) is 1.41. The number of nitro groups is 1. The predicted molar refractivity (Wildman–Crippen MR) is 57.2 cm³/mol. The molecule has 0 fully saturated rings. The first-order valence-corrected chi connectivity index (χ1v) is 4.62. The minimum atomic E-state index is -0.515. The molecule has 0 saturated heterocycles. The van der Waals surface area contributed by atoms with Gasteiger partial charge in [-0.1, -0.05) is 0 Å². The molecule has 0 bridgehead atoms. The highest BCUT2D eigenvalue weighted by Crippen LogP contribution is 2.33. The summed E-state index contributed by atoms with van der Waals surface area (Å²) in [6.07, 6.45) is 0. The van der Waals surface area contributed by atoms with E-state index in [0.29, 0.717) is 17.1 Å². The fourth-order valence-electron chi connectivity index (χ4n) is 1.41. The highest BCUT2D eigenvalue weighted by atomic mass is 16.6. The lowest BCUT2D eigenvalue weighted by atomic mass is 10.1. The molecule has 0 unspecified atom stereocenters. The SMILES string of the molecule is Cc1ccc(-c2cc([N+](=O)[O-])ccc2O)o1. The molecule has 82 valence electrons. The lowest BCUT2D eigenvalue weighted by Crippen LogP contribution is -1.88. The van der Waals surface area contributed by atoms with Crippen molar-refractivity contribution in [2.75, 3.05) is 0 Å². The zero-order chi connectivity index (χ0) is 11.7. The molecule has 0 saturated carbocycles. The third kappa shape index (κ3) is 1.75. The molecule has 2 aromatic rings. The Morgan fingerprint density at radius 3 is 2.62 bits per heavy atom. The van der Waals surface area contributed by atoms with Gasteiger partial charge in [0.05, 0.1) is 10.5 Å². The van der Waals surface area contributed by atoms with Gasteiger partial charge >= 0.3 is 0 Å². The second-order valence-electron chi connectivity index (χ2n) is 3.37. The third-order valence-corrected chi connectivity index (χ3v) is 2.20. The Kier molecular flexibility index (Phi) is 2.36. The number of rotatable bonds is 2. The normalized spacial score (nSPS) is 10.3. The van der Waals surface area contributed by atoms with E-state index < -0.39 is 4.92 Å². The Morgan fingerprint density at radius 1 is 1.31 bits per heavy atom. The van der Waals surface area contributed by atoms with Gasteiger partial charge in [0.15, 0.2) is 0 Å². The summed E-state index contributed by atoms with van der Waals surface area (Å²) in [7, 11) is 0. The number of benzene rings is 1. The van der Waals surface area contributed by atoms with Crippen molar-refractivity contribution < 1.29 is 14.4 Å². The highest BCUT2D eigenvalue weighted by Gasteiger charge is 2.13. The van der Waals surface area contributed by atoms with Crippen molar-refractivity contribution in [1.82, 2.24) is 0 Å². The molecular weight excluding hydrogens is 210 g/mol. The number of furan rings is 1. The number of non-ortho nitro benzene ring substituents is 1. The zero-order valence-electron chi connectivity index (χ0n) is 8.51. The number of hydrogen-bond acceptors (Lipinski definition) is 4. The molecule has 5 heteroatoms. The van der Waals surface area contributed by atoms with Gasteiger partial charge in [-0.05, 0) is 25.1 Å². The topological polar surface area (TPSA) is 76.5 Å². The molecular formula is C11H9NO4. The summed E-state index contributed by atoms with van der Waals surface area (Å²) in [5, 5.41) is 20.2. The molecule has 5 nitrogen and oxygen atoms in total. The summed E-state index contributed by atoms with van der Waals surface area (Å²) in [5.74, 6) is 1.06. The van der Waals surface area contributed by atoms with E-state index in [1.165, 1.54) is 18.2 Å². The first-order valence-electron chi connectivity index (χ1n) is 4.62. The number of phenols is 1. The molecule has 1 heterocycles. The van der Waals surface area contributed by atoms with Crippen LogP contribution in [0.3, 0.4) is 0 Å². The van der Waals surface area contributed by atoms with E-state index in [1.54, 1.807) is 19.1 Å². The molecule has 0 spiro atoms. The first-order chi connectivity index (χ1) is 7.58. The zero-order valence-corrected chi connectivity index (χ0v) is 8.51. The van der Waals surface area contributed by atoms with Crippen molar-refractivity contribution in [2.45, 2.75) is 6.92 Å². The van der Waals surface area contributed by atoms with Crippen molar-refractivity contribution in [2.24, 2.45) is 0 Å². The van der Waals surface area contributed by atoms with E-state index in [1.807, 2.05) is 0 Å². The Labute approximate surface area is 91.1 Å². The van der Waals surface area contributed by atoms with Crippen LogP contribution >= 0.6 is 0 Å². The molecule has 1 N–H and O–H groups in total. The van der Waals surface area contributed by atoms with Crippen molar-refractivity contribution >= 4 is 5.69 Å². The average Bonchev–Trinajstić information content (AvgIpc) is 2.65. The Morgan fingerprint density at radius 2 is 2.06 bits per heavy atom. The van der Waals surface area contributed by atoms with Crippen LogP contribution in [0.15, 0.2) is 34.7 Å². The molecule has 1 aromatic carbocycles. The van der Waals surface area contributed by atoms with E-state index in [9.17, 15) is 15.2 Å². The molecule has 0 aliphatic heterocycles. The van der Waals surface area contributed by atoms with Crippen molar-refractivity contribution in [3.05, 3.63) is 46.2 Å². The molecule has 16 heavy (non-hydrogen) atoms. The molecule has 1 aromatic heterocycles. The molecule has 0 amide bonds. The van der Waals surface area contributed by atoms with Gasteiger partial charge in [0.2, 0.25) is 0 Å². The number of aryl methyl sites for hydroxylation is 1. The predicted octanol–water partition coefficient (Wildman–Crippen LogP) is 2.87. The van der Waals surface area contributed by atoms with Crippen LogP contribution in [0.4, 0.5) is 5.69 Å². The number of phenolic OH excluding ortho intramolecular Hbond substituents is 1. The van der Waals surface area contributed by atoms with Gasteiger partial charge in [-0.15, -0.1) is 0 Å². The summed E-state index contributed by atoms with van der Waals surface area (Å²) in [6.45, 7) is 1.76. The second kappa shape index (κ2) is 3.69. The summed E-state index contributed by atoms with van der Waals surface area (Å²) < 4.78 is 5.30. The number of nitrogens with zero attached hydrogens (tertiary/aromatic N) is 1. The van der Waals surface area contributed by atoms with Gasteiger partial charge in [-0.2, -0.15) is 0 Å².